The Balaban J connectivity index is 1.92. The van der Waals surface area contributed by atoms with Crippen LogP contribution in [0.5, 0.6) is 0 Å². The van der Waals surface area contributed by atoms with Crippen molar-refractivity contribution in [2.75, 3.05) is 0 Å². The van der Waals surface area contributed by atoms with E-state index in [1.807, 2.05) is 25.2 Å². The first-order valence-electron chi connectivity index (χ1n) is 6.67. The number of hydrogen-bond acceptors (Lipinski definition) is 2. The first-order valence-corrected chi connectivity index (χ1v) is 7.05. The maximum atomic E-state index is 6.07. The molecule has 0 radical (unpaired) electrons. The summed E-state index contributed by atoms with van der Waals surface area (Å²) >= 11 is 6.07. The van der Waals surface area contributed by atoms with Gasteiger partial charge in [0.2, 0.25) is 0 Å². The van der Waals surface area contributed by atoms with Crippen LogP contribution in [0.25, 0.3) is 22.4 Å². The van der Waals surface area contributed by atoms with Crippen molar-refractivity contribution in [3.8, 4) is 11.4 Å². The number of imidazole rings is 1. The third-order valence-corrected chi connectivity index (χ3v) is 4.17. The van der Waals surface area contributed by atoms with Crippen LogP contribution in [0.4, 0.5) is 0 Å². The van der Waals surface area contributed by atoms with Gasteiger partial charge in [0.25, 0.3) is 0 Å². The van der Waals surface area contributed by atoms with Crippen molar-refractivity contribution in [1.82, 2.24) is 14.9 Å². The minimum Gasteiger partial charge on any atom is -0.327 e. The SMILES string of the molecule is Cn1c(-c2ccc3c(c2)CNC3)nc2ccc(Cl)cc21. The fourth-order valence-electron chi connectivity index (χ4n) is 2.86. The highest BCUT2D eigenvalue weighted by Gasteiger charge is 2.14. The lowest BCUT2D eigenvalue weighted by atomic mass is 10.1. The standard InChI is InChI=1S/C16H14ClN3/c1-20-15-7-13(17)4-5-14(15)19-16(20)10-2-3-11-8-18-9-12(11)6-10/h2-7,18H,8-9H2,1H3. The van der Waals surface area contributed by atoms with Gasteiger partial charge in [-0.1, -0.05) is 23.7 Å². The molecule has 4 heteroatoms. The third kappa shape index (κ3) is 1.74. The molecule has 1 N–H and O–H groups in total. The maximum Gasteiger partial charge on any atom is 0.140 e. The Morgan fingerprint density at radius 2 is 1.95 bits per heavy atom. The molecule has 1 aliphatic rings. The van der Waals surface area contributed by atoms with E-state index in [2.05, 4.69) is 28.1 Å². The van der Waals surface area contributed by atoms with Gasteiger partial charge in [-0.3, -0.25) is 0 Å². The molecule has 0 atom stereocenters. The summed E-state index contributed by atoms with van der Waals surface area (Å²) in [4.78, 5) is 4.73. The lowest BCUT2D eigenvalue weighted by molar-refractivity contribution is 0.765. The topological polar surface area (TPSA) is 29.9 Å². The molecule has 0 saturated heterocycles. The quantitative estimate of drug-likeness (QED) is 0.741. The fourth-order valence-corrected chi connectivity index (χ4v) is 3.02. The average Bonchev–Trinajstić information content (AvgIpc) is 3.03. The Bertz CT molecular complexity index is 820. The van der Waals surface area contributed by atoms with E-state index in [1.165, 1.54) is 11.1 Å². The molecule has 0 fully saturated rings. The molecule has 2 aromatic carbocycles. The number of aryl methyl sites for hydroxylation is 1. The molecule has 0 amide bonds. The third-order valence-electron chi connectivity index (χ3n) is 3.94. The van der Waals surface area contributed by atoms with Crippen LogP contribution in [0.3, 0.4) is 0 Å². The van der Waals surface area contributed by atoms with E-state index in [4.69, 9.17) is 16.6 Å². The summed E-state index contributed by atoms with van der Waals surface area (Å²) in [5, 5.41) is 4.11. The average molecular weight is 284 g/mol. The van der Waals surface area contributed by atoms with Crippen LogP contribution in [0.2, 0.25) is 5.02 Å². The number of benzene rings is 2. The Morgan fingerprint density at radius 1 is 1.10 bits per heavy atom. The lowest BCUT2D eigenvalue weighted by Gasteiger charge is -2.05. The molecule has 100 valence electrons. The highest BCUT2D eigenvalue weighted by atomic mass is 35.5. The smallest absolute Gasteiger partial charge is 0.140 e. The van der Waals surface area contributed by atoms with Gasteiger partial charge in [-0.25, -0.2) is 4.98 Å². The number of rotatable bonds is 1. The Hall–Kier alpha value is -1.84. The van der Waals surface area contributed by atoms with E-state index < -0.39 is 0 Å². The second-order valence-electron chi connectivity index (χ2n) is 5.21. The molecule has 20 heavy (non-hydrogen) atoms. The molecule has 0 saturated carbocycles. The first kappa shape index (κ1) is 11.9. The van der Waals surface area contributed by atoms with E-state index in [1.54, 1.807) is 0 Å². The summed E-state index contributed by atoms with van der Waals surface area (Å²) < 4.78 is 2.10. The van der Waals surface area contributed by atoms with Gasteiger partial charge in [-0.2, -0.15) is 0 Å². The Kier molecular flexibility index (Phi) is 2.59. The monoisotopic (exact) mass is 283 g/mol. The molecule has 0 bridgehead atoms. The number of fused-ring (bicyclic) bond motifs is 2. The van der Waals surface area contributed by atoms with Crippen LogP contribution >= 0.6 is 11.6 Å². The van der Waals surface area contributed by atoms with Crippen LogP contribution in [-0.4, -0.2) is 9.55 Å². The van der Waals surface area contributed by atoms with Gasteiger partial charge in [0.1, 0.15) is 5.82 Å². The molecule has 3 nitrogen and oxygen atoms in total. The van der Waals surface area contributed by atoms with Gasteiger partial charge < -0.3 is 9.88 Å². The predicted octanol–water partition coefficient (Wildman–Crippen LogP) is 3.50. The van der Waals surface area contributed by atoms with Crippen molar-refractivity contribution in [1.29, 1.82) is 0 Å². The predicted molar refractivity (Wildman–Crippen MR) is 81.7 cm³/mol. The van der Waals surface area contributed by atoms with Crippen molar-refractivity contribution < 1.29 is 0 Å². The van der Waals surface area contributed by atoms with Crippen molar-refractivity contribution in [3.05, 3.63) is 52.5 Å². The summed E-state index contributed by atoms with van der Waals surface area (Å²) in [6.07, 6.45) is 0. The van der Waals surface area contributed by atoms with E-state index >= 15 is 0 Å². The van der Waals surface area contributed by atoms with Crippen molar-refractivity contribution >= 4 is 22.6 Å². The molecule has 1 aromatic heterocycles. The van der Waals surface area contributed by atoms with E-state index in [9.17, 15) is 0 Å². The first-order chi connectivity index (χ1) is 9.72. The zero-order chi connectivity index (χ0) is 13.7. The van der Waals surface area contributed by atoms with Gasteiger partial charge in [0.15, 0.2) is 0 Å². The molecule has 0 unspecified atom stereocenters. The molecule has 3 aromatic rings. The number of hydrogen-bond donors (Lipinski definition) is 1. The normalized spacial score (nSPS) is 13.9. The molecular formula is C16H14ClN3. The van der Waals surface area contributed by atoms with Gasteiger partial charge in [-0.15, -0.1) is 0 Å². The van der Waals surface area contributed by atoms with Gasteiger partial charge >= 0.3 is 0 Å². The van der Waals surface area contributed by atoms with Gasteiger partial charge in [0, 0.05) is 30.7 Å². The second-order valence-corrected chi connectivity index (χ2v) is 5.65. The van der Waals surface area contributed by atoms with Crippen LogP contribution in [0, 0.1) is 0 Å². The van der Waals surface area contributed by atoms with Crippen molar-refractivity contribution in [2.24, 2.45) is 7.05 Å². The summed E-state index contributed by atoms with van der Waals surface area (Å²) in [6.45, 7) is 1.91. The minimum atomic E-state index is 0.741. The van der Waals surface area contributed by atoms with E-state index in [0.717, 1.165) is 40.5 Å². The summed E-state index contributed by atoms with van der Waals surface area (Å²) in [5.41, 5.74) is 5.95. The minimum absolute atomic E-state index is 0.741. The van der Waals surface area contributed by atoms with Crippen LogP contribution < -0.4 is 5.32 Å². The van der Waals surface area contributed by atoms with Crippen LogP contribution in [0.15, 0.2) is 36.4 Å². The zero-order valence-electron chi connectivity index (χ0n) is 11.2. The number of nitrogens with zero attached hydrogens (tertiary/aromatic N) is 2. The Morgan fingerprint density at radius 3 is 2.85 bits per heavy atom. The molecule has 2 heterocycles. The van der Waals surface area contributed by atoms with E-state index in [0.29, 0.717) is 0 Å². The number of nitrogens with one attached hydrogen (secondary N) is 1. The van der Waals surface area contributed by atoms with Crippen molar-refractivity contribution in [2.45, 2.75) is 13.1 Å². The maximum absolute atomic E-state index is 6.07. The van der Waals surface area contributed by atoms with Gasteiger partial charge in [-0.05, 0) is 35.4 Å². The second kappa shape index (κ2) is 4.33. The molecular weight excluding hydrogens is 270 g/mol. The highest BCUT2D eigenvalue weighted by Crippen LogP contribution is 2.28. The largest absolute Gasteiger partial charge is 0.327 e. The molecule has 0 spiro atoms. The number of aromatic nitrogens is 2. The molecule has 0 aliphatic carbocycles. The Labute approximate surface area is 122 Å². The van der Waals surface area contributed by atoms with Crippen LogP contribution in [-0.2, 0) is 20.1 Å². The summed E-state index contributed by atoms with van der Waals surface area (Å²) in [6, 6.07) is 12.4. The zero-order valence-corrected chi connectivity index (χ0v) is 11.9. The van der Waals surface area contributed by atoms with Crippen molar-refractivity contribution in [3.63, 3.8) is 0 Å². The molecule has 1 aliphatic heterocycles. The van der Waals surface area contributed by atoms with Crippen LogP contribution in [0.1, 0.15) is 11.1 Å². The summed E-state index contributed by atoms with van der Waals surface area (Å²) in [7, 11) is 2.03. The highest BCUT2D eigenvalue weighted by molar-refractivity contribution is 6.31. The fraction of sp³-hybridized carbons (Fsp3) is 0.188. The number of halogens is 1. The van der Waals surface area contributed by atoms with E-state index in [-0.39, 0.29) is 0 Å². The molecule has 4 rings (SSSR count). The lowest BCUT2D eigenvalue weighted by Crippen LogP contribution is -1.99. The summed E-state index contributed by atoms with van der Waals surface area (Å²) in [5.74, 6) is 0.983. The van der Waals surface area contributed by atoms with Gasteiger partial charge in [0.05, 0.1) is 11.0 Å².